The van der Waals surface area contributed by atoms with E-state index >= 15 is 0 Å². The average Bonchev–Trinajstić information content (AvgIpc) is 2.51. The maximum Gasteiger partial charge on any atom is 0.261 e. The molecule has 3 nitrogen and oxygen atoms in total. The van der Waals surface area contributed by atoms with Gasteiger partial charge in [-0.3, -0.25) is 0 Å². The molecule has 1 heterocycles. The first kappa shape index (κ1) is 10.1. The number of hydrogen-bond donors (Lipinski definition) is 1. The van der Waals surface area contributed by atoms with Crippen LogP contribution in [0.5, 0.6) is 0 Å². The molecule has 0 saturated heterocycles. The smallest absolute Gasteiger partial charge is 0.261 e. The molecular formula is C8H11F2NO2. The monoisotopic (exact) mass is 191 g/mol. The minimum atomic E-state index is -2.44. The van der Waals surface area contributed by atoms with Gasteiger partial charge >= 0.3 is 0 Å². The van der Waals surface area contributed by atoms with Crippen molar-refractivity contribution in [3.05, 3.63) is 23.7 Å². The van der Waals surface area contributed by atoms with Gasteiger partial charge in [-0.2, -0.15) is 0 Å². The zero-order valence-corrected chi connectivity index (χ0v) is 7.00. The lowest BCUT2D eigenvalue weighted by Gasteiger charge is -2.02. The first-order chi connectivity index (χ1) is 6.24. The van der Waals surface area contributed by atoms with E-state index in [1.165, 1.54) is 6.26 Å². The molecule has 1 aromatic rings. The highest BCUT2D eigenvalue weighted by Gasteiger charge is 2.06. The van der Waals surface area contributed by atoms with Crippen LogP contribution in [-0.4, -0.2) is 13.0 Å². The SMILES string of the molecule is NCc1occc1COCC(F)F. The van der Waals surface area contributed by atoms with E-state index in [1.807, 2.05) is 0 Å². The van der Waals surface area contributed by atoms with Crippen molar-refractivity contribution in [2.45, 2.75) is 19.6 Å². The van der Waals surface area contributed by atoms with Crippen LogP contribution in [0.4, 0.5) is 8.78 Å². The molecule has 0 radical (unpaired) electrons. The molecule has 1 aromatic heterocycles. The molecule has 0 unspecified atom stereocenters. The van der Waals surface area contributed by atoms with Crippen LogP contribution in [-0.2, 0) is 17.9 Å². The molecule has 0 atom stereocenters. The number of nitrogens with two attached hydrogens (primary N) is 1. The first-order valence-corrected chi connectivity index (χ1v) is 3.85. The van der Waals surface area contributed by atoms with E-state index in [0.717, 1.165) is 5.56 Å². The van der Waals surface area contributed by atoms with Gasteiger partial charge in [-0.05, 0) is 6.07 Å². The van der Waals surface area contributed by atoms with Crippen LogP contribution in [0.3, 0.4) is 0 Å². The van der Waals surface area contributed by atoms with E-state index in [2.05, 4.69) is 0 Å². The summed E-state index contributed by atoms with van der Waals surface area (Å²) in [5.41, 5.74) is 6.05. The molecule has 0 aromatic carbocycles. The van der Waals surface area contributed by atoms with Crippen LogP contribution in [0.1, 0.15) is 11.3 Å². The highest BCUT2D eigenvalue weighted by molar-refractivity contribution is 5.15. The van der Waals surface area contributed by atoms with Crippen molar-refractivity contribution in [3.63, 3.8) is 0 Å². The summed E-state index contributed by atoms with van der Waals surface area (Å²) in [5, 5.41) is 0. The van der Waals surface area contributed by atoms with Gasteiger partial charge < -0.3 is 14.9 Å². The predicted molar refractivity (Wildman–Crippen MR) is 42.3 cm³/mol. The molecule has 1 rings (SSSR count). The fourth-order valence-corrected chi connectivity index (χ4v) is 0.933. The van der Waals surface area contributed by atoms with Crippen LogP contribution in [0.15, 0.2) is 16.7 Å². The lowest BCUT2D eigenvalue weighted by molar-refractivity contribution is 0.00945. The Bertz CT molecular complexity index is 250. The second-order valence-electron chi connectivity index (χ2n) is 2.48. The van der Waals surface area contributed by atoms with E-state index in [0.29, 0.717) is 5.76 Å². The maximum absolute atomic E-state index is 11.7. The molecule has 0 spiro atoms. The van der Waals surface area contributed by atoms with Crippen molar-refractivity contribution in [1.29, 1.82) is 0 Å². The predicted octanol–water partition coefficient (Wildman–Crippen LogP) is 1.52. The highest BCUT2D eigenvalue weighted by Crippen LogP contribution is 2.11. The van der Waals surface area contributed by atoms with Crippen molar-refractivity contribution in [3.8, 4) is 0 Å². The maximum atomic E-state index is 11.7. The van der Waals surface area contributed by atoms with Crippen molar-refractivity contribution in [2.24, 2.45) is 5.73 Å². The molecule has 2 N–H and O–H groups in total. The third kappa shape index (κ3) is 3.12. The summed E-state index contributed by atoms with van der Waals surface area (Å²) < 4.78 is 33.0. The van der Waals surface area contributed by atoms with Gasteiger partial charge in [0.2, 0.25) is 0 Å². The summed E-state index contributed by atoms with van der Waals surface area (Å²) in [6.45, 7) is -0.192. The fraction of sp³-hybridized carbons (Fsp3) is 0.500. The molecule has 0 aliphatic carbocycles. The van der Waals surface area contributed by atoms with Crippen molar-refractivity contribution in [2.75, 3.05) is 6.61 Å². The van der Waals surface area contributed by atoms with Crippen molar-refractivity contribution in [1.82, 2.24) is 0 Å². The minimum Gasteiger partial charge on any atom is -0.468 e. The van der Waals surface area contributed by atoms with Gasteiger partial charge in [0, 0.05) is 5.56 Å². The van der Waals surface area contributed by atoms with E-state index in [4.69, 9.17) is 14.9 Å². The van der Waals surface area contributed by atoms with E-state index in [-0.39, 0.29) is 13.2 Å². The third-order valence-electron chi connectivity index (χ3n) is 1.52. The van der Waals surface area contributed by atoms with Crippen LogP contribution in [0.2, 0.25) is 0 Å². The Morgan fingerprint density at radius 1 is 1.54 bits per heavy atom. The third-order valence-corrected chi connectivity index (χ3v) is 1.52. The Labute approximate surface area is 74.5 Å². The topological polar surface area (TPSA) is 48.4 Å². The van der Waals surface area contributed by atoms with Gasteiger partial charge in [-0.25, -0.2) is 8.78 Å². The quantitative estimate of drug-likeness (QED) is 0.767. The summed E-state index contributed by atoms with van der Waals surface area (Å²) in [5.74, 6) is 0.578. The number of alkyl halides is 2. The lowest BCUT2D eigenvalue weighted by atomic mass is 10.2. The van der Waals surface area contributed by atoms with Crippen LogP contribution in [0, 0.1) is 0 Å². The van der Waals surface area contributed by atoms with Gasteiger partial charge in [0.15, 0.2) is 0 Å². The van der Waals surface area contributed by atoms with Gasteiger partial charge in [0.25, 0.3) is 6.43 Å². The molecule has 0 aliphatic rings. The Morgan fingerprint density at radius 3 is 2.92 bits per heavy atom. The van der Waals surface area contributed by atoms with Crippen LogP contribution >= 0.6 is 0 Å². The second-order valence-corrected chi connectivity index (χ2v) is 2.48. The molecule has 0 fully saturated rings. The van der Waals surface area contributed by atoms with Gasteiger partial charge in [-0.1, -0.05) is 0 Å². The Morgan fingerprint density at radius 2 is 2.31 bits per heavy atom. The molecule has 5 heteroatoms. The summed E-state index contributed by atoms with van der Waals surface area (Å²) >= 11 is 0. The number of ether oxygens (including phenoxy) is 1. The van der Waals surface area contributed by atoms with E-state index in [1.54, 1.807) is 6.07 Å². The molecule has 0 amide bonds. The molecule has 74 valence electrons. The van der Waals surface area contributed by atoms with Gasteiger partial charge in [-0.15, -0.1) is 0 Å². The van der Waals surface area contributed by atoms with Gasteiger partial charge in [0.1, 0.15) is 12.4 Å². The number of hydrogen-bond acceptors (Lipinski definition) is 3. The Balaban J connectivity index is 2.36. The molecule has 13 heavy (non-hydrogen) atoms. The van der Waals surface area contributed by atoms with Crippen molar-refractivity contribution >= 4 is 0 Å². The van der Waals surface area contributed by atoms with Crippen LogP contribution < -0.4 is 5.73 Å². The molecule has 0 bridgehead atoms. The van der Waals surface area contributed by atoms with Crippen molar-refractivity contribution < 1.29 is 17.9 Å². The van der Waals surface area contributed by atoms with E-state index in [9.17, 15) is 8.78 Å². The summed E-state index contributed by atoms with van der Waals surface area (Å²) in [4.78, 5) is 0. The van der Waals surface area contributed by atoms with Crippen LogP contribution in [0.25, 0.3) is 0 Å². The number of rotatable bonds is 5. The number of halogens is 2. The minimum absolute atomic E-state index is 0.118. The molecular weight excluding hydrogens is 180 g/mol. The van der Waals surface area contributed by atoms with E-state index < -0.39 is 13.0 Å². The normalized spacial score (nSPS) is 11.1. The lowest BCUT2D eigenvalue weighted by Crippen LogP contribution is -2.05. The average molecular weight is 191 g/mol. The molecule has 0 aliphatic heterocycles. The molecule has 0 saturated carbocycles. The summed E-state index contributed by atoms with van der Waals surface area (Å²) in [6.07, 6.45) is -0.975. The largest absolute Gasteiger partial charge is 0.468 e. The first-order valence-electron chi connectivity index (χ1n) is 3.85. The summed E-state index contributed by atoms with van der Waals surface area (Å²) in [6, 6.07) is 1.66. The Kier molecular flexibility index (Phi) is 3.85. The zero-order chi connectivity index (χ0) is 9.68. The second kappa shape index (κ2) is 4.94. The highest BCUT2D eigenvalue weighted by atomic mass is 19.3. The number of furan rings is 1. The summed E-state index contributed by atoms with van der Waals surface area (Å²) in [7, 11) is 0. The van der Waals surface area contributed by atoms with Gasteiger partial charge in [0.05, 0.1) is 19.4 Å². The fourth-order valence-electron chi connectivity index (χ4n) is 0.933. The Hall–Kier alpha value is -0.940. The standard InChI is InChI=1S/C8H11F2NO2/c9-8(10)5-12-4-6-1-2-13-7(6)3-11/h1-2,8H,3-5,11H2. The zero-order valence-electron chi connectivity index (χ0n) is 7.00.